The molecule has 0 radical (unpaired) electrons. The van der Waals surface area contributed by atoms with E-state index in [4.69, 9.17) is 10.2 Å². The summed E-state index contributed by atoms with van der Waals surface area (Å²) in [6.45, 7) is 0. The van der Waals surface area contributed by atoms with Gasteiger partial charge in [0.15, 0.2) is 17.2 Å². The summed E-state index contributed by atoms with van der Waals surface area (Å²) in [5.41, 5.74) is 5.00. The van der Waals surface area contributed by atoms with Crippen LogP contribution in [-0.4, -0.2) is 9.78 Å². The van der Waals surface area contributed by atoms with Crippen molar-refractivity contribution < 1.29 is 13.2 Å². The van der Waals surface area contributed by atoms with Crippen molar-refractivity contribution in [2.45, 2.75) is 0 Å². The highest BCUT2D eigenvalue weighted by Gasteiger charge is 2.15. The zero-order valence-electron chi connectivity index (χ0n) is 9.43. The predicted molar refractivity (Wildman–Crippen MR) is 63.9 cm³/mol. The first-order valence-electron chi connectivity index (χ1n) is 5.29. The van der Waals surface area contributed by atoms with E-state index in [0.29, 0.717) is 6.07 Å². The van der Waals surface area contributed by atoms with Gasteiger partial charge in [-0.3, -0.25) is 4.79 Å². The maximum atomic E-state index is 13.7. The average Bonchev–Trinajstić information content (AvgIpc) is 2.84. The number of halogens is 2. The van der Waals surface area contributed by atoms with E-state index >= 15 is 0 Å². The van der Waals surface area contributed by atoms with Crippen LogP contribution in [0.4, 0.5) is 14.6 Å². The van der Waals surface area contributed by atoms with Crippen molar-refractivity contribution in [1.29, 1.82) is 0 Å². The van der Waals surface area contributed by atoms with E-state index < -0.39 is 17.2 Å². The molecular formula is C12H7F2N3O2. The zero-order chi connectivity index (χ0) is 13.6. The van der Waals surface area contributed by atoms with Gasteiger partial charge in [-0.1, -0.05) is 0 Å². The number of aromatic nitrogens is 2. The molecular weight excluding hydrogens is 256 g/mol. The van der Waals surface area contributed by atoms with Gasteiger partial charge in [-0.2, -0.15) is 4.68 Å². The molecule has 96 valence electrons. The first-order chi connectivity index (χ1) is 9.08. The molecule has 2 aromatic heterocycles. The smallest absolute Gasteiger partial charge is 0.282 e. The van der Waals surface area contributed by atoms with Crippen LogP contribution in [-0.2, 0) is 0 Å². The summed E-state index contributed by atoms with van der Waals surface area (Å²) in [5.74, 6) is -1.70. The molecule has 0 spiro atoms. The number of hydrogen-bond acceptors (Lipinski definition) is 4. The molecule has 0 amide bonds. The number of anilines is 1. The molecule has 5 nitrogen and oxygen atoms in total. The molecule has 0 saturated heterocycles. The van der Waals surface area contributed by atoms with E-state index in [0.717, 1.165) is 16.8 Å². The van der Waals surface area contributed by atoms with E-state index in [1.54, 1.807) is 0 Å². The summed E-state index contributed by atoms with van der Waals surface area (Å²) in [4.78, 5) is 12.1. The van der Waals surface area contributed by atoms with Gasteiger partial charge in [-0.05, 0) is 18.2 Å². The second-order valence-electron chi connectivity index (χ2n) is 3.86. The van der Waals surface area contributed by atoms with Gasteiger partial charge in [0.05, 0.1) is 11.6 Å². The minimum Gasteiger partial charge on any atom is -0.460 e. The summed E-state index contributed by atoms with van der Waals surface area (Å²) in [5, 5.41) is 3.94. The number of benzene rings is 1. The normalized spacial score (nSPS) is 11.1. The molecule has 2 N–H and O–H groups in total. The number of nitrogens with two attached hydrogens (primary N) is 1. The lowest BCUT2D eigenvalue weighted by atomic mass is 10.3. The highest BCUT2D eigenvalue weighted by Crippen LogP contribution is 2.19. The third kappa shape index (κ3) is 1.67. The minimum absolute atomic E-state index is 0.0525. The quantitative estimate of drug-likeness (QED) is 0.727. The van der Waals surface area contributed by atoms with Gasteiger partial charge >= 0.3 is 0 Å². The van der Waals surface area contributed by atoms with E-state index in [1.807, 2.05) is 0 Å². The van der Waals surface area contributed by atoms with Gasteiger partial charge in [0.1, 0.15) is 11.5 Å². The van der Waals surface area contributed by atoms with Crippen molar-refractivity contribution in [3.63, 3.8) is 0 Å². The SMILES string of the molecule is Nc1nn(-c2ccc(F)cc2F)c(=O)c2ccoc12. The Morgan fingerprint density at radius 1 is 1.26 bits per heavy atom. The highest BCUT2D eigenvalue weighted by atomic mass is 19.1. The molecule has 7 heteroatoms. The second-order valence-corrected chi connectivity index (χ2v) is 3.86. The summed E-state index contributed by atoms with van der Waals surface area (Å²) in [6.07, 6.45) is 1.29. The van der Waals surface area contributed by atoms with E-state index in [2.05, 4.69) is 5.10 Å². The number of fused-ring (bicyclic) bond motifs is 1. The van der Waals surface area contributed by atoms with E-state index in [1.165, 1.54) is 12.3 Å². The molecule has 0 saturated carbocycles. The number of nitrogens with zero attached hydrogens (tertiary/aromatic N) is 2. The van der Waals surface area contributed by atoms with Crippen LogP contribution in [0.2, 0.25) is 0 Å². The van der Waals surface area contributed by atoms with E-state index in [-0.39, 0.29) is 22.5 Å². The molecule has 19 heavy (non-hydrogen) atoms. The monoisotopic (exact) mass is 263 g/mol. The molecule has 0 aliphatic rings. The minimum atomic E-state index is -0.906. The maximum Gasteiger partial charge on any atom is 0.282 e. The Morgan fingerprint density at radius 3 is 2.79 bits per heavy atom. The van der Waals surface area contributed by atoms with Gasteiger partial charge in [-0.25, -0.2) is 8.78 Å². The second kappa shape index (κ2) is 3.91. The van der Waals surface area contributed by atoms with Crippen molar-refractivity contribution in [3.05, 3.63) is 52.5 Å². The van der Waals surface area contributed by atoms with Gasteiger partial charge in [0.25, 0.3) is 5.56 Å². The van der Waals surface area contributed by atoms with Crippen molar-refractivity contribution in [1.82, 2.24) is 9.78 Å². The Balaban J connectivity index is 2.36. The number of nitrogen functional groups attached to an aromatic ring is 1. The van der Waals surface area contributed by atoms with E-state index in [9.17, 15) is 13.6 Å². The lowest BCUT2D eigenvalue weighted by Crippen LogP contribution is -2.23. The van der Waals surface area contributed by atoms with Crippen LogP contribution in [0.3, 0.4) is 0 Å². The van der Waals surface area contributed by atoms with Gasteiger partial charge in [0, 0.05) is 6.07 Å². The number of rotatable bonds is 1. The lowest BCUT2D eigenvalue weighted by molar-refractivity contribution is 0.570. The molecule has 0 atom stereocenters. The summed E-state index contributed by atoms with van der Waals surface area (Å²) >= 11 is 0. The molecule has 1 aromatic carbocycles. The molecule has 0 unspecified atom stereocenters. The molecule has 2 heterocycles. The van der Waals surface area contributed by atoms with Crippen molar-refractivity contribution in [2.75, 3.05) is 5.73 Å². The average molecular weight is 263 g/mol. The first kappa shape index (κ1) is 11.4. The largest absolute Gasteiger partial charge is 0.460 e. The first-order valence-corrected chi connectivity index (χ1v) is 5.29. The van der Waals surface area contributed by atoms with Crippen molar-refractivity contribution in [3.8, 4) is 5.69 Å². The molecule has 0 fully saturated rings. The van der Waals surface area contributed by atoms with Crippen LogP contribution in [0.15, 0.2) is 39.7 Å². The van der Waals surface area contributed by atoms with Crippen molar-refractivity contribution in [2.24, 2.45) is 0 Å². The zero-order valence-corrected chi connectivity index (χ0v) is 9.43. The molecule has 3 aromatic rings. The fourth-order valence-corrected chi connectivity index (χ4v) is 1.80. The number of hydrogen-bond donors (Lipinski definition) is 1. The number of furan rings is 1. The van der Waals surface area contributed by atoms with Crippen LogP contribution < -0.4 is 11.3 Å². The maximum absolute atomic E-state index is 13.7. The third-order valence-corrected chi connectivity index (χ3v) is 2.67. The molecule has 3 rings (SSSR count). The standard InChI is InChI=1S/C12H7F2N3O2/c13-6-1-2-9(8(14)5-6)17-12(18)7-3-4-19-10(7)11(15)16-17/h1-5H,(H2,15,16). The van der Waals surface area contributed by atoms with Gasteiger partial charge in [0.2, 0.25) is 0 Å². The van der Waals surface area contributed by atoms with Crippen molar-refractivity contribution >= 4 is 16.8 Å². The van der Waals surface area contributed by atoms with Crippen LogP contribution in [0.25, 0.3) is 16.7 Å². The molecule has 0 aliphatic carbocycles. The lowest BCUT2D eigenvalue weighted by Gasteiger charge is -2.06. The fraction of sp³-hybridized carbons (Fsp3) is 0. The molecule has 0 aliphatic heterocycles. The summed E-state index contributed by atoms with van der Waals surface area (Å²) in [6, 6.07) is 4.22. The summed E-state index contributed by atoms with van der Waals surface area (Å²) in [7, 11) is 0. The summed E-state index contributed by atoms with van der Waals surface area (Å²) < 4.78 is 32.3. The fourth-order valence-electron chi connectivity index (χ4n) is 1.80. The van der Waals surface area contributed by atoms with Crippen LogP contribution in [0, 0.1) is 11.6 Å². The van der Waals surface area contributed by atoms with Crippen LogP contribution >= 0.6 is 0 Å². The Kier molecular flexibility index (Phi) is 2.34. The van der Waals surface area contributed by atoms with Crippen LogP contribution in [0.5, 0.6) is 0 Å². The van der Waals surface area contributed by atoms with Crippen LogP contribution in [0.1, 0.15) is 0 Å². The Bertz CT molecular complexity index is 839. The predicted octanol–water partition coefficient (Wildman–Crippen LogP) is 1.84. The molecule has 0 bridgehead atoms. The third-order valence-electron chi connectivity index (χ3n) is 2.67. The Labute approximate surface area is 104 Å². The highest BCUT2D eigenvalue weighted by molar-refractivity contribution is 5.84. The topological polar surface area (TPSA) is 74.0 Å². The Hall–Kier alpha value is -2.70. The van der Waals surface area contributed by atoms with Gasteiger partial charge < -0.3 is 10.2 Å². The van der Waals surface area contributed by atoms with Gasteiger partial charge in [-0.15, -0.1) is 5.10 Å². The Morgan fingerprint density at radius 2 is 2.05 bits per heavy atom.